The Morgan fingerprint density at radius 3 is 2.81 bits per heavy atom. The summed E-state index contributed by atoms with van der Waals surface area (Å²) in [6.45, 7) is -0.288. The van der Waals surface area contributed by atoms with Crippen LogP contribution in [0.3, 0.4) is 0 Å². The van der Waals surface area contributed by atoms with Crippen LogP contribution >= 0.6 is 23.1 Å². The van der Waals surface area contributed by atoms with Crippen LogP contribution in [-0.4, -0.2) is 58.6 Å². The van der Waals surface area contributed by atoms with Gasteiger partial charge in [0.05, 0.1) is 13.0 Å². The first kappa shape index (κ1) is 17.6. The van der Waals surface area contributed by atoms with Crippen molar-refractivity contribution in [3.63, 3.8) is 0 Å². The number of aliphatic hydroxyl groups excluding tert-OH is 1. The van der Waals surface area contributed by atoms with Gasteiger partial charge in [0.1, 0.15) is 17.1 Å². The molecule has 2 fully saturated rings. The van der Waals surface area contributed by atoms with Gasteiger partial charge >= 0.3 is 14.0 Å². The number of aliphatic hydroxyl groups is 1. The van der Waals surface area contributed by atoms with Crippen LogP contribution in [0.25, 0.3) is 0 Å². The third-order valence-corrected chi connectivity index (χ3v) is 7.65. The van der Waals surface area contributed by atoms with E-state index in [0.29, 0.717) is 5.57 Å². The molecule has 1 aliphatic carbocycles. The number of fused-ring (bicyclic) bond motifs is 1. The number of carbonyl (C=O) groups is 3. The average molecular weight is 392 g/mol. The highest BCUT2D eigenvalue weighted by atomic mass is 32.2. The van der Waals surface area contributed by atoms with Gasteiger partial charge in [-0.1, -0.05) is 6.07 Å². The Morgan fingerprint density at radius 1 is 1.46 bits per heavy atom. The van der Waals surface area contributed by atoms with Crippen LogP contribution in [0.4, 0.5) is 0 Å². The number of carbonyl (C=O) groups excluding carboxylic acids is 3. The monoisotopic (exact) mass is 392 g/mol. The molecule has 2 N–H and O–H groups in total. The van der Waals surface area contributed by atoms with Crippen LogP contribution in [-0.2, 0) is 25.5 Å². The lowest BCUT2D eigenvalue weighted by atomic mass is 9.99. The van der Waals surface area contributed by atoms with Crippen LogP contribution in [0, 0.1) is 0 Å². The number of amides is 2. The lowest BCUT2D eigenvalue weighted by Crippen LogP contribution is -2.71. The lowest BCUT2D eigenvalue weighted by molar-refractivity contribution is -0.150. The van der Waals surface area contributed by atoms with Gasteiger partial charge in [0.25, 0.3) is 5.91 Å². The van der Waals surface area contributed by atoms with Gasteiger partial charge < -0.3 is 15.1 Å². The van der Waals surface area contributed by atoms with Crippen molar-refractivity contribution in [3.05, 3.63) is 33.7 Å². The van der Waals surface area contributed by atoms with Gasteiger partial charge in [-0.2, -0.15) is 0 Å². The molecule has 1 saturated carbocycles. The van der Waals surface area contributed by atoms with Gasteiger partial charge in [-0.25, -0.2) is 4.79 Å². The third kappa shape index (κ3) is 2.67. The molecule has 0 bridgehead atoms. The number of thiophene rings is 1. The maximum Gasteiger partial charge on any atom is 0.337 e. The molecule has 10 heteroatoms. The standard InChI is InChI=1S/C16H17BN2O5S2/c17-24-15(23)12-9(7-20)16(3-4-16)26-14-11(13(22)19(12)14)18-10(21)6-8-2-1-5-25-8/h1-2,5,11,14,20H,3-4,6-7,17H2,(H,18,21)/t11-,14-/m1/s1. The Bertz CT molecular complexity index is 806. The first-order chi connectivity index (χ1) is 12.5. The first-order valence-corrected chi connectivity index (χ1v) is 10.0. The zero-order valence-electron chi connectivity index (χ0n) is 14.1. The van der Waals surface area contributed by atoms with Crippen LogP contribution in [0.2, 0.25) is 0 Å². The molecule has 4 rings (SSSR count). The van der Waals surface area contributed by atoms with E-state index in [1.807, 2.05) is 17.5 Å². The van der Waals surface area contributed by atoms with Crippen molar-refractivity contribution in [1.82, 2.24) is 10.2 Å². The van der Waals surface area contributed by atoms with Crippen molar-refractivity contribution in [2.75, 3.05) is 6.61 Å². The lowest BCUT2D eigenvalue weighted by Gasteiger charge is -2.52. The van der Waals surface area contributed by atoms with E-state index in [-0.39, 0.29) is 40.7 Å². The zero-order chi connectivity index (χ0) is 18.5. The molecule has 2 aliphatic heterocycles. The van der Waals surface area contributed by atoms with E-state index in [9.17, 15) is 19.5 Å². The molecule has 1 saturated heterocycles. The summed E-state index contributed by atoms with van der Waals surface area (Å²) in [6, 6.07) is 3.09. The average Bonchev–Trinajstić information content (AvgIpc) is 3.21. The van der Waals surface area contributed by atoms with Crippen molar-refractivity contribution >= 4 is 48.9 Å². The summed E-state index contributed by atoms with van der Waals surface area (Å²) in [6.07, 6.45) is 1.90. The summed E-state index contributed by atoms with van der Waals surface area (Å²) in [5, 5.41) is 14.1. The minimum absolute atomic E-state index is 0.144. The number of thioether (sulfide) groups is 1. The van der Waals surface area contributed by atoms with Crippen LogP contribution in [0.5, 0.6) is 0 Å². The number of nitrogens with zero attached hydrogens (tertiary/aromatic N) is 1. The zero-order valence-corrected chi connectivity index (χ0v) is 15.7. The summed E-state index contributed by atoms with van der Waals surface area (Å²) < 4.78 is 4.51. The van der Waals surface area contributed by atoms with Gasteiger partial charge in [-0.15, -0.1) is 23.1 Å². The second-order valence-corrected chi connectivity index (χ2v) is 9.02. The predicted molar refractivity (Wildman–Crippen MR) is 98.9 cm³/mol. The second-order valence-electron chi connectivity index (χ2n) is 6.49. The summed E-state index contributed by atoms with van der Waals surface area (Å²) in [5.74, 6) is -1.18. The van der Waals surface area contributed by atoms with Crippen LogP contribution < -0.4 is 5.32 Å². The molecule has 0 radical (unpaired) electrons. The van der Waals surface area contributed by atoms with Gasteiger partial charge in [0.2, 0.25) is 5.91 Å². The van der Waals surface area contributed by atoms with E-state index < -0.39 is 12.0 Å². The molecule has 0 aromatic carbocycles. The van der Waals surface area contributed by atoms with Gasteiger partial charge in [-0.05, 0) is 24.3 Å². The molecule has 1 spiro atoms. The molecule has 136 valence electrons. The minimum Gasteiger partial charge on any atom is -0.539 e. The second kappa shape index (κ2) is 6.43. The highest BCUT2D eigenvalue weighted by Crippen LogP contribution is 2.62. The fraction of sp³-hybridized carbons (Fsp3) is 0.438. The molecule has 1 aromatic rings. The predicted octanol–water partition coefficient (Wildman–Crippen LogP) is -0.439. The maximum atomic E-state index is 12.6. The molecular weight excluding hydrogens is 375 g/mol. The van der Waals surface area contributed by atoms with E-state index in [0.717, 1.165) is 17.7 Å². The van der Waals surface area contributed by atoms with Crippen LogP contribution in [0.1, 0.15) is 17.7 Å². The highest BCUT2D eigenvalue weighted by molar-refractivity contribution is 8.02. The van der Waals surface area contributed by atoms with E-state index in [4.69, 9.17) is 4.65 Å². The molecule has 3 heterocycles. The Morgan fingerprint density at radius 2 is 2.23 bits per heavy atom. The van der Waals surface area contributed by atoms with Gasteiger partial charge in [-0.3, -0.25) is 14.5 Å². The molecule has 3 aliphatic rings. The van der Waals surface area contributed by atoms with Crippen LogP contribution in [0.15, 0.2) is 28.8 Å². The Kier molecular flexibility index (Phi) is 4.36. The smallest absolute Gasteiger partial charge is 0.337 e. The fourth-order valence-electron chi connectivity index (χ4n) is 3.49. The fourth-order valence-corrected chi connectivity index (χ4v) is 5.93. The molecule has 2 atom stereocenters. The normalized spacial score (nSPS) is 25.6. The highest BCUT2D eigenvalue weighted by Gasteiger charge is 2.63. The quantitative estimate of drug-likeness (QED) is 0.521. The Labute approximate surface area is 159 Å². The number of rotatable bonds is 5. The molecule has 7 nitrogen and oxygen atoms in total. The molecule has 0 unspecified atom stereocenters. The number of nitrogens with one attached hydrogen (secondary N) is 1. The van der Waals surface area contributed by atoms with Crippen molar-refractivity contribution < 1.29 is 24.1 Å². The van der Waals surface area contributed by atoms with Crippen molar-refractivity contribution in [2.45, 2.75) is 35.4 Å². The maximum absolute atomic E-state index is 12.6. The number of hydrogen-bond acceptors (Lipinski definition) is 7. The van der Waals surface area contributed by atoms with E-state index >= 15 is 0 Å². The Balaban J connectivity index is 1.55. The van der Waals surface area contributed by atoms with E-state index in [1.54, 1.807) is 11.8 Å². The summed E-state index contributed by atoms with van der Waals surface area (Å²) in [5.41, 5.74) is 0.701. The minimum atomic E-state index is -0.662. The third-order valence-electron chi connectivity index (χ3n) is 4.94. The summed E-state index contributed by atoms with van der Waals surface area (Å²) >= 11 is 3.03. The van der Waals surface area contributed by atoms with Crippen molar-refractivity contribution in [2.24, 2.45) is 0 Å². The van der Waals surface area contributed by atoms with Crippen molar-refractivity contribution in [3.8, 4) is 0 Å². The first-order valence-electron chi connectivity index (χ1n) is 8.26. The molecule has 1 aromatic heterocycles. The number of hydrogen-bond donors (Lipinski definition) is 2. The summed E-state index contributed by atoms with van der Waals surface area (Å²) in [7, 11) is 1.26. The SMILES string of the molecule is BOC(=O)C1=C(CO)C2(CC2)S[C@@H]2[C@H](NC(=O)Cc3cccs3)C(=O)N12. The van der Waals surface area contributed by atoms with Crippen molar-refractivity contribution in [1.29, 1.82) is 0 Å². The molecule has 2 amide bonds. The van der Waals surface area contributed by atoms with Gasteiger partial charge in [0.15, 0.2) is 0 Å². The van der Waals surface area contributed by atoms with E-state index in [2.05, 4.69) is 5.32 Å². The van der Waals surface area contributed by atoms with E-state index in [1.165, 1.54) is 24.3 Å². The summed E-state index contributed by atoms with van der Waals surface area (Å²) in [4.78, 5) is 39.4. The Hall–Kier alpha value is -1.78. The largest absolute Gasteiger partial charge is 0.539 e. The number of β-lactam (4-membered cyclic amide) rings is 1. The molecule has 26 heavy (non-hydrogen) atoms. The molecular formula is C16H17BN2O5S2. The topological polar surface area (TPSA) is 95.9 Å². The van der Waals surface area contributed by atoms with Gasteiger partial charge in [0, 0.05) is 15.2 Å².